The molecule has 2 heterocycles. The minimum absolute atomic E-state index is 0.0195. The molecule has 0 aliphatic carbocycles. The first-order valence-electron chi connectivity index (χ1n) is 8.27. The van der Waals surface area contributed by atoms with E-state index in [1.165, 1.54) is 10.9 Å². The largest absolute Gasteiger partial charge is 0.464 e. The van der Waals surface area contributed by atoms with Crippen LogP contribution in [0.15, 0.2) is 45.7 Å². The Hall–Kier alpha value is -2.28. The molecule has 1 atom stereocenters. The zero-order valence-corrected chi connectivity index (χ0v) is 16.6. The van der Waals surface area contributed by atoms with Crippen LogP contribution in [0.2, 0.25) is 10.0 Å². The van der Waals surface area contributed by atoms with E-state index in [0.29, 0.717) is 28.8 Å². The van der Waals surface area contributed by atoms with E-state index in [1.54, 1.807) is 19.2 Å². The van der Waals surface area contributed by atoms with Crippen LogP contribution in [-0.2, 0) is 4.74 Å². The second-order valence-electron chi connectivity index (χ2n) is 6.12. The van der Waals surface area contributed by atoms with Crippen molar-refractivity contribution in [1.82, 2.24) is 9.78 Å². The number of ether oxygens (including phenoxy) is 1. The molecule has 0 spiro atoms. The summed E-state index contributed by atoms with van der Waals surface area (Å²) in [5.41, 5.74) is 1.40. The monoisotopic (exact) mass is 407 g/mol. The third kappa shape index (κ3) is 4.18. The van der Waals surface area contributed by atoms with Gasteiger partial charge in [-0.3, -0.25) is 4.79 Å². The van der Waals surface area contributed by atoms with Crippen molar-refractivity contribution >= 4 is 28.9 Å². The lowest BCUT2D eigenvalue weighted by atomic mass is 10.2. The topological polar surface area (TPSA) is 69.3 Å². The molecule has 6 nitrogen and oxygen atoms in total. The normalized spacial score (nSPS) is 12.2. The van der Waals surface area contributed by atoms with Gasteiger partial charge in [-0.2, -0.15) is 9.78 Å². The van der Waals surface area contributed by atoms with Crippen LogP contribution in [0.25, 0.3) is 5.69 Å². The van der Waals surface area contributed by atoms with Crippen molar-refractivity contribution in [2.24, 2.45) is 0 Å². The van der Waals surface area contributed by atoms with Crippen LogP contribution >= 0.6 is 23.2 Å². The molecule has 1 unspecified atom stereocenters. The molecule has 0 aliphatic rings. The van der Waals surface area contributed by atoms with Crippen LogP contribution in [0.1, 0.15) is 23.1 Å². The molecule has 0 saturated carbocycles. The number of hydrogen-bond donors (Lipinski definition) is 1. The minimum Gasteiger partial charge on any atom is -0.464 e. The van der Waals surface area contributed by atoms with E-state index in [2.05, 4.69) is 10.4 Å². The van der Waals surface area contributed by atoms with Crippen molar-refractivity contribution in [3.05, 3.63) is 74.0 Å². The summed E-state index contributed by atoms with van der Waals surface area (Å²) in [6.45, 7) is 4.07. The number of hydrogen-bond acceptors (Lipinski definition) is 5. The van der Waals surface area contributed by atoms with Crippen LogP contribution in [0.3, 0.4) is 0 Å². The second kappa shape index (κ2) is 8.17. The van der Waals surface area contributed by atoms with Crippen molar-refractivity contribution in [2.75, 3.05) is 19.0 Å². The number of benzene rings is 1. The summed E-state index contributed by atoms with van der Waals surface area (Å²) in [6.07, 6.45) is 1.50. The molecule has 8 heteroatoms. The zero-order chi connectivity index (χ0) is 19.6. The first kappa shape index (κ1) is 19.5. The van der Waals surface area contributed by atoms with Crippen LogP contribution in [0.5, 0.6) is 0 Å². The van der Waals surface area contributed by atoms with Gasteiger partial charge in [0, 0.05) is 12.1 Å². The van der Waals surface area contributed by atoms with Gasteiger partial charge in [0.05, 0.1) is 24.2 Å². The van der Waals surface area contributed by atoms with Crippen molar-refractivity contribution in [3.63, 3.8) is 0 Å². The Morgan fingerprint density at radius 1 is 1.26 bits per heavy atom. The zero-order valence-electron chi connectivity index (χ0n) is 15.1. The van der Waals surface area contributed by atoms with Gasteiger partial charge in [0.15, 0.2) is 0 Å². The van der Waals surface area contributed by atoms with Gasteiger partial charge in [-0.25, -0.2) is 0 Å². The summed E-state index contributed by atoms with van der Waals surface area (Å²) in [5, 5.41) is 7.95. The molecule has 1 aromatic carbocycles. The fourth-order valence-corrected chi connectivity index (χ4v) is 2.98. The molecule has 0 aliphatic heterocycles. The van der Waals surface area contributed by atoms with Crippen LogP contribution < -0.4 is 10.9 Å². The first-order valence-corrected chi connectivity index (χ1v) is 9.02. The number of anilines is 1. The lowest BCUT2D eigenvalue weighted by molar-refractivity contribution is 0.178. The molecule has 3 rings (SSSR count). The second-order valence-corrected chi connectivity index (χ2v) is 6.91. The standard InChI is InChI=1S/C19H19Cl2N3O3/c1-11-4-6-13(8-14(11)20)24-19(25)18(21)15(9-22-24)23-16(10-26-3)17-7-5-12(2)27-17/h4-9,16,23H,10H2,1-3H3. The number of methoxy groups -OCH3 is 1. The molecule has 142 valence electrons. The molecule has 0 radical (unpaired) electrons. The van der Waals surface area contributed by atoms with Crippen LogP contribution in [0.4, 0.5) is 5.69 Å². The van der Waals surface area contributed by atoms with E-state index < -0.39 is 5.56 Å². The van der Waals surface area contributed by atoms with Crippen molar-refractivity contribution in [3.8, 4) is 5.69 Å². The highest BCUT2D eigenvalue weighted by Gasteiger charge is 2.19. The van der Waals surface area contributed by atoms with E-state index in [1.807, 2.05) is 32.0 Å². The van der Waals surface area contributed by atoms with E-state index in [4.69, 9.17) is 32.4 Å². The fourth-order valence-electron chi connectivity index (χ4n) is 2.62. The predicted octanol–water partition coefficient (Wildman–Crippen LogP) is 4.55. The summed E-state index contributed by atoms with van der Waals surface area (Å²) in [6, 6.07) is 8.65. The molecule has 27 heavy (non-hydrogen) atoms. The van der Waals surface area contributed by atoms with E-state index in [-0.39, 0.29) is 11.1 Å². The number of halogens is 2. The molecular formula is C19H19Cl2N3O3. The van der Waals surface area contributed by atoms with Gasteiger partial charge < -0.3 is 14.5 Å². The Morgan fingerprint density at radius 3 is 2.67 bits per heavy atom. The van der Waals surface area contributed by atoms with E-state index in [9.17, 15) is 4.79 Å². The smallest absolute Gasteiger partial charge is 0.292 e. The number of aryl methyl sites for hydroxylation is 2. The molecule has 2 aromatic heterocycles. The highest BCUT2D eigenvalue weighted by Crippen LogP contribution is 2.25. The summed E-state index contributed by atoms with van der Waals surface area (Å²) in [7, 11) is 1.59. The lowest BCUT2D eigenvalue weighted by Crippen LogP contribution is -2.24. The predicted molar refractivity (Wildman–Crippen MR) is 106 cm³/mol. The Morgan fingerprint density at radius 2 is 2.04 bits per heavy atom. The highest BCUT2D eigenvalue weighted by molar-refractivity contribution is 6.33. The summed E-state index contributed by atoms with van der Waals surface area (Å²) < 4.78 is 12.1. The summed E-state index contributed by atoms with van der Waals surface area (Å²) in [5.74, 6) is 1.46. The number of nitrogens with zero attached hydrogens (tertiary/aromatic N) is 2. The van der Waals surface area contributed by atoms with Gasteiger partial charge in [0.2, 0.25) is 0 Å². The quantitative estimate of drug-likeness (QED) is 0.648. The Balaban J connectivity index is 1.94. The lowest BCUT2D eigenvalue weighted by Gasteiger charge is -2.18. The van der Waals surface area contributed by atoms with Crippen molar-refractivity contribution in [1.29, 1.82) is 0 Å². The van der Waals surface area contributed by atoms with Gasteiger partial charge in [-0.1, -0.05) is 29.3 Å². The van der Waals surface area contributed by atoms with Crippen molar-refractivity contribution < 1.29 is 9.15 Å². The molecule has 0 bridgehead atoms. The van der Waals surface area contributed by atoms with Crippen molar-refractivity contribution in [2.45, 2.75) is 19.9 Å². The maximum absolute atomic E-state index is 12.7. The molecule has 0 fully saturated rings. The molecule has 1 N–H and O–H groups in total. The molecular weight excluding hydrogens is 389 g/mol. The number of rotatable bonds is 6. The Bertz CT molecular complexity index is 1010. The Labute approximate surface area is 166 Å². The Kier molecular flexibility index (Phi) is 5.89. The van der Waals surface area contributed by atoms with E-state index in [0.717, 1.165) is 11.3 Å². The SMILES string of the molecule is COCC(Nc1cnn(-c2ccc(C)c(Cl)c2)c(=O)c1Cl)c1ccc(C)o1. The van der Waals surface area contributed by atoms with Crippen LogP contribution in [0, 0.1) is 13.8 Å². The van der Waals surface area contributed by atoms with Gasteiger partial charge >= 0.3 is 0 Å². The third-order valence-electron chi connectivity index (χ3n) is 4.09. The average molecular weight is 408 g/mol. The average Bonchev–Trinajstić information content (AvgIpc) is 3.07. The maximum Gasteiger partial charge on any atom is 0.292 e. The number of aromatic nitrogens is 2. The summed E-state index contributed by atoms with van der Waals surface area (Å²) >= 11 is 12.5. The van der Waals surface area contributed by atoms with E-state index >= 15 is 0 Å². The first-order chi connectivity index (χ1) is 12.9. The molecule has 3 aromatic rings. The minimum atomic E-state index is -0.451. The van der Waals surface area contributed by atoms with Gasteiger partial charge in [-0.05, 0) is 43.7 Å². The van der Waals surface area contributed by atoms with Gasteiger partial charge in [-0.15, -0.1) is 0 Å². The van der Waals surface area contributed by atoms with Gasteiger partial charge in [0.1, 0.15) is 22.6 Å². The maximum atomic E-state index is 12.7. The fraction of sp³-hybridized carbons (Fsp3) is 0.263. The number of nitrogens with one attached hydrogen (secondary N) is 1. The third-order valence-corrected chi connectivity index (χ3v) is 4.86. The summed E-state index contributed by atoms with van der Waals surface area (Å²) in [4.78, 5) is 12.7. The van der Waals surface area contributed by atoms with Crippen LogP contribution in [-0.4, -0.2) is 23.5 Å². The molecule has 0 saturated heterocycles. The number of furan rings is 1. The molecule has 0 amide bonds. The highest BCUT2D eigenvalue weighted by atomic mass is 35.5. The van der Waals surface area contributed by atoms with Gasteiger partial charge in [0.25, 0.3) is 5.56 Å².